The van der Waals surface area contributed by atoms with Gasteiger partial charge < -0.3 is 8.98 Å². The van der Waals surface area contributed by atoms with Gasteiger partial charge in [0.25, 0.3) is 0 Å². The summed E-state index contributed by atoms with van der Waals surface area (Å²) in [6, 6.07) is 21.1. The van der Waals surface area contributed by atoms with E-state index in [2.05, 4.69) is 33.8 Å². The number of fused-ring (bicyclic) bond motifs is 3. The summed E-state index contributed by atoms with van der Waals surface area (Å²) in [5, 5.41) is 13.4. The first-order valence-corrected chi connectivity index (χ1v) is 11.3. The molecule has 5 aromatic rings. The van der Waals surface area contributed by atoms with Gasteiger partial charge >= 0.3 is 5.63 Å². The maximum atomic E-state index is 12.2. The van der Waals surface area contributed by atoms with E-state index in [4.69, 9.17) is 16.0 Å². The van der Waals surface area contributed by atoms with Crippen LogP contribution in [0.15, 0.2) is 81.1 Å². The van der Waals surface area contributed by atoms with Gasteiger partial charge in [0.2, 0.25) is 0 Å². The molecule has 5 rings (SSSR count). The molecule has 31 heavy (non-hydrogen) atoms. The van der Waals surface area contributed by atoms with E-state index in [1.54, 1.807) is 17.8 Å². The lowest BCUT2D eigenvalue weighted by atomic mass is 10.0. The second-order valence-corrected chi connectivity index (χ2v) is 8.48. The van der Waals surface area contributed by atoms with Gasteiger partial charge in [0.1, 0.15) is 5.58 Å². The Kier molecular flexibility index (Phi) is 5.26. The van der Waals surface area contributed by atoms with E-state index in [-0.39, 0.29) is 5.63 Å². The molecule has 0 aliphatic heterocycles. The van der Waals surface area contributed by atoms with E-state index in [0.29, 0.717) is 16.4 Å². The van der Waals surface area contributed by atoms with Crippen LogP contribution in [-0.4, -0.2) is 14.8 Å². The Bertz CT molecular complexity index is 1460. The van der Waals surface area contributed by atoms with Gasteiger partial charge in [0, 0.05) is 34.3 Å². The van der Waals surface area contributed by atoms with Crippen LogP contribution in [0.25, 0.3) is 33.1 Å². The van der Waals surface area contributed by atoms with Crippen molar-refractivity contribution < 1.29 is 4.42 Å². The van der Waals surface area contributed by atoms with Crippen LogP contribution in [0.5, 0.6) is 0 Å². The molecule has 0 amide bonds. The molecule has 2 heterocycles. The van der Waals surface area contributed by atoms with E-state index < -0.39 is 0 Å². The summed E-state index contributed by atoms with van der Waals surface area (Å²) in [4.78, 5) is 12.2. The van der Waals surface area contributed by atoms with E-state index in [9.17, 15) is 4.79 Å². The molecule has 0 fully saturated rings. The smallest absolute Gasteiger partial charge is 0.336 e. The van der Waals surface area contributed by atoms with Crippen LogP contribution in [0.3, 0.4) is 0 Å². The Balaban J connectivity index is 1.54. The van der Waals surface area contributed by atoms with E-state index in [1.165, 1.54) is 0 Å². The molecule has 154 valence electrons. The predicted molar refractivity (Wildman–Crippen MR) is 126 cm³/mol. The lowest BCUT2D eigenvalue weighted by Gasteiger charge is -2.10. The van der Waals surface area contributed by atoms with Crippen molar-refractivity contribution in [2.24, 2.45) is 0 Å². The van der Waals surface area contributed by atoms with Gasteiger partial charge in [-0.2, -0.15) is 0 Å². The Morgan fingerprint density at radius 1 is 1.03 bits per heavy atom. The summed E-state index contributed by atoms with van der Waals surface area (Å²) in [6.07, 6.45) is 0. The van der Waals surface area contributed by atoms with Gasteiger partial charge in [0.15, 0.2) is 11.0 Å². The minimum atomic E-state index is -0.350. The van der Waals surface area contributed by atoms with Crippen molar-refractivity contribution in [2.75, 3.05) is 0 Å². The van der Waals surface area contributed by atoms with Crippen molar-refractivity contribution in [1.29, 1.82) is 0 Å². The maximum Gasteiger partial charge on any atom is 0.336 e. The number of benzene rings is 3. The molecule has 0 spiro atoms. The molecule has 0 radical (unpaired) electrons. The van der Waals surface area contributed by atoms with E-state index in [0.717, 1.165) is 44.8 Å². The van der Waals surface area contributed by atoms with E-state index in [1.807, 2.05) is 48.5 Å². The lowest BCUT2D eigenvalue weighted by molar-refractivity contribution is 0.560. The number of rotatable bonds is 5. The number of hydrogen-bond acceptors (Lipinski definition) is 5. The summed E-state index contributed by atoms with van der Waals surface area (Å²) >= 11 is 7.58. The molecule has 0 aliphatic rings. The number of aromatic nitrogens is 3. The minimum absolute atomic E-state index is 0.350. The first-order valence-electron chi connectivity index (χ1n) is 9.90. The topological polar surface area (TPSA) is 60.9 Å². The average Bonchev–Trinajstić information content (AvgIpc) is 3.20. The predicted octanol–water partition coefficient (Wildman–Crippen LogP) is 6.17. The van der Waals surface area contributed by atoms with Crippen molar-refractivity contribution in [3.05, 3.63) is 87.7 Å². The van der Waals surface area contributed by atoms with Crippen molar-refractivity contribution in [2.45, 2.75) is 24.4 Å². The SMILES string of the molecule is CCn1c(SCc2cc(=O)oc3ccc4ccccc4c23)nnc1-c1ccc(Cl)cc1. The number of hydrogen-bond donors (Lipinski definition) is 0. The zero-order valence-electron chi connectivity index (χ0n) is 16.7. The minimum Gasteiger partial charge on any atom is -0.423 e. The average molecular weight is 448 g/mol. The van der Waals surface area contributed by atoms with Gasteiger partial charge in [-0.1, -0.05) is 53.7 Å². The Labute approximate surface area is 187 Å². The molecule has 2 aromatic heterocycles. The van der Waals surface area contributed by atoms with Gasteiger partial charge in [-0.25, -0.2) is 4.79 Å². The van der Waals surface area contributed by atoms with Gasteiger partial charge in [-0.05, 0) is 53.6 Å². The normalized spacial score (nSPS) is 11.4. The molecular formula is C24H18ClN3O2S. The first kappa shape index (κ1) is 19.8. The van der Waals surface area contributed by atoms with Crippen molar-refractivity contribution in [3.63, 3.8) is 0 Å². The fourth-order valence-electron chi connectivity index (χ4n) is 3.77. The fraction of sp³-hybridized carbons (Fsp3) is 0.125. The summed E-state index contributed by atoms with van der Waals surface area (Å²) in [7, 11) is 0. The standard InChI is InChI=1S/C24H18ClN3O2S/c1-2-28-23(16-7-10-18(25)11-8-16)26-27-24(28)31-14-17-13-21(29)30-20-12-9-15-5-3-4-6-19(15)22(17)20/h3-13H,2,14H2,1H3. The van der Waals surface area contributed by atoms with Crippen LogP contribution in [0.1, 0.15) is 12.5 Å². The molecule has 0 aliphatic carbocycles. The lowest BCUT2D eigenvalue weighted by Crippen LogP contribution is -2.02. The van der Waals surface area contributed by atoms with Crippen molar-refractivity contribution in [3.8, 4) is 11.4 Å². The molecule has 3 aromatic carbocycles. The highest BCUT2D eigenvalue weighted by atomic mass is 35.5. The van der Waals surface area contributed by atoms with Crippen LogP contribution in [-0.2, 0) is 12.3 Å². The third kappa shape index (κ3) is 3.73. The summed E-state index contributed by atoms with van der Waals surface area (Å²) in [6.45, 7) is 2.79. The molecule has 0 saturated heterocycles. The molecule has 0 bridgehead atoms. The molecule has 0 N–H and O–H groups in total. The Hall–Kier alpha value is -3.09. The Morgan fingerprint density at radius 3 is 2.65 bits per heavy atom. The third-order valence-corrected chi connectivity index (χ3v) is 6.47. The maximum absolute atomic E-state index is 12.2. The largest absolute Gasteiger partial charge is 0.423 e. The van der Waals surface area contributed by atoms with Crippen molar-refractivity contribution >= 4 is 45.1 Å². The Morgan fingerprint density at radius 2 is 1.84 bits per heavy atom. The zero-order valence-corrected chi connectivity index (χ0v) is 18.3. The molecule has 0 saturated carbocycles. The highest BCUT2D eigenvalue weighted by Crippen LogP contribution is 2.32. The number of halogens is 1. The summed E-state index contributed by atoms with van der Waals surface area (Å²) < 4.78 is 7.54. The molecule has 7 heteroatoms. The fourth-order valence-corrected chi connectivity index (χ4v) is 4.88. The van der Waals surface area contributed by atoms with Crippen LogP contribution in [0.4, 0.5) is 0 Å². The highest BCUT2D eigenvalue weighted by Gasteiger charge is 2.15. The van der Waals surface area contributed by atoms with Crippen LogP contribution in [0, 0.1) is 0 Å². The third-order valence-electron chi connectivity index (χ3n) is 5.21. The second-order valence-electron chi connectivity index (χ2n) is 7.10. The second kappa shape index (κ2) is 8.21. The highest BCUT2D eigenvalue weighted by molar-refractivity contribution is 7.98. The summed E-state index contributed by atoms with van der Waals surface area (Å²) in [5.41, 5.74) is 2.13. The van der Waals surface area contributed by atoms with Crippen LogP contribution >= 0.6 is 23.4 Å². The quantitative estimate of drug-likeness (QED) is 0.183. The first-order chi connectivity index (χ1) is 15.1. The van der Waals surface area contributed by atoms with E-state index >= 15 is 0 Å². The summed E-state index contributed by atoms with van der Waals surface area (Å²) in [5.74, 6) is 1.37. The van der Waals surface area contributed by atoms with Gasteiger partial charge in [0.05, 0.1) is 0 Å². The number of nitrogens with zero attached hydrogens (tertiary/aromatic N) is 3. The zero-order chi connectivity index (χ0) is 21.4. The van der Waals surface area contributed by atoms with Crippen LogP contribution < -0.4 is 5.63 Å². The number of thioether (sulfide) groups is 1. The molecular weight excluding hydrogens is 430 g/mol. The molecule has 5 nitrogen and oxygen atoms in total. The molecule has 0 unspecified atom stereocenters. The van der Waals surface area contributed by atoms with Crippen molar-refractivity contribution in [1.82, 2.24) is 14.8 Å². The van der Waals surface area contributed by atoms with Gasteiger partial charge in [-0.15, -0.1) is 10.2 Å². The molecule has 0 atom stereocenters. The van der Waals surface area contributed by atoms with Crippen LogP contribution in [0.2, 0.25) is 5.02 Å². The monoisotopic (exact) mass is 447 g/mol. The van der Waals surface area contributed by atoms with Gasteiger partial charge in [-0.3, -0.25) is 0 Å².